The molecule has 2 heterocycles. The fourth-order valence-corrected chi connectivity index (χ4v) is 2.52. The van der Waals surface area contributed by atoms with Gasteiger partial charge in [0.25, 0.3) is 0 Å². The maximum atomic E-state index is 6.23. The molecule has 0 amide bonds. The van der Waals surface area contributed by atoms with E-state index in [9.17, 15) is 0 Å². The van der Waals surface area contributed by atoms with Crippen molar-refractivity contribution in [2.45, 2.75) is 6.54 Å². The van der Waals surface area contributed by atoms with Crippen LogP contribution in [0.2, 0.25) is 10.0 Å². The third-order valence-electron chi connectivity index (χ3n) is 2.88. The summed E-state index contributed by atoms with van der Waals surface area (Å²) in [5.74, 6) is 0. The second-order valence-corrected chi connectivity index (χ2v) is 4.89. The van der Waals surface area contributed by atoms with Crippen LogP contribution in [-0.2, 0) is 6.54 Å². The summed E-state index contributed by atoms with van der Waals surface area (Å²) in [6, 6.07) is 7.12. The van der Waals surface area contributed by atoms with E-state index in [2.05, 4.69) is 10.1 Å². The van der Waals surface area contributed by atoms with E-state index in [1.165, 1.54) is 0 Å². The molecule has 0 atom stereocenters. The maximum absolute atomic E-state index is 6.23. The highest BCUT2D eigenvalue weighted by molar-refractivity contribution is 6.36. The Labute approximate surface area is 119 Å². The molecular formula is C13H10Cl2N4. The fourth-order valence-electron chi connectivity index (χ4n) is 2.02. The predicted molar refractivity (Wildman–Crippen MR) is 76.3 cm³/mol. The molecule has 0 aliphatic rings. The van der Waals surface area contributed by atoms with E-state index in [-0.39, 0.29) is 0 Å². The highest BCUT2D eigenvalue weighted by Crippen LogP contribution is 2.32. The Bertz CT molecular complexity index is 751. The Balaban J connectivity index is 2.30. The Morgan fingerprint density at radius 3 is 2.84 bits per heavy atom. The van der Waals surface area contributed by atoms with E-state index in [4.69, 9.17) is 28.9 Å². The van der Waals surface area contributed by atoms with E-state index in [1.54, 1.807) is 22.8 Å². The van der Waals surface area contributed by atoms with E-state index >= 15 is 0 Å². The van der Waals surface area contributed by atoms with Crippen molar-refractivity contribution < 1.29 is 0 Å². The van der Waals surface area contributed by atoms with Crippen LogP contribution in [0.3, 0.4) is 0 Å². The molecule has 96 valence electrons. The third-order valence-corrected chi connectivity index (χ3v) is 3.43. The first-order chi connectivity index (χ1) is 9.20. The topological polar surface area (TPSA) is 56.2 Å². The van der Waals surface area contributed by atoms with E-state index in [0.29, 0.717) is 16.6 Å². The first-order valence-electron chi connectivity index (χ1n) is 5.68. The molecule has 1 aromatic carbocycles. The summed E-state index contributed by atoms with van der Waals surface area (Å²) >= 11 is 12.1. The van der Waals surface area contributed by atoms with Gasteiger partial charge >= 0.3 is 0 Å². The lowest BCUT2D eigenvalue weighted by molar-refractivity contribution is 0.942. The SMILES string of the molecule is NCc1c(-c2ccc(Cl)cc2Cl)nn2cccnc12. The second kappa shape index (κ2) is 4.81. The first-order valence-corrected chi connectivity index (χ1v) is 6.44. The van der Waals surface area contributed by atoms with Crippen molar-refractivity contribution >= 4 is 28.8 Å². The lowest BCUT2D eigenvalue weighted by Gasteiger charge is -2.03. The van der Waals surface area contributed by atoms with Crippen LogP contribution in [0.15, 0.2) is 36.7 Å². The molecule has 0 radical (unpaired) electrons. The number of rotatable bonds is 2. The minimum Gasteiger partial charge on any atom is -0.326 e. The van der Waals surface area contributed by atoms with Gasteiger partial charge in [-0.3, -0.25) is 0 Å². The number of nitrogens with zero attached hydrogens (tertiary/aromatic N) is 3. The van der Waals surface area contributed by atoms with Gasteiger partial charge in [-0.2, -0.15) is 5.10 Å². The largest absolute Gasteiger partial charge is 0.326 e. The standard InChI is InChI=1S/C13H10Cl2N4/c14-8-2-3-9(11(15)6-8)12-10(7-16)13-17-4-1-5-19(13)18-12/h1-6H,7,16H2. The number of fused-ring (bicyclic) bond motifs is 1. The molecule has 0 saturated carbocycles. The number of hydrogen-bond acceptors (Lipinski definition) is 3. The monoisotopic (exact) mass is 292 g/mol. The molecule has 0 fully saturated rings. The van der Waals surface area contributed by atoms with Crippen LogP contribution in [0.25, 0.3) is 16.9 Å². The van der Waals surface area contributed by atoms with Crippen LogP contribution < -0.4 is 5.73 Å². The van der Waals surface area contributed by atoms with Crippen molar-refractivity contribution in [1.29, 1.82) is 0 Å². The zero-order valence-corrected chi connectivity index (χ0v) is 11.4. The molecule has 4 nitrogen and oxygen atoms in total. The summed E-state index contributed by atoms with van der Waals surface area (Å²) in [5.41, 5.74) is 8.96. The van der Waals surface area contributed by atoms with Gasteiger partial charge in [0.15, 0.2) is 5.65 Å². The number of aromatic nitrogens is 3. The van der Waals surface area contributed by atoms with E-state index < -0.39 is 0 Å². The van der Waals surface area contributed by atoms with Gasteiger partial charge in [0.2, 0.25) is 0 Å². The number of nitrogens with two attached hydrogens (primary N) is 1. The van der Waals surface area contributed by atoms with Crippen molar-refractivity contribution in [3.8, 4) is 11.3 Å². The molecule has 6 heteroatoms. The number of halogens is 2. The number of benzene rings is 1. The van der Waals surface area contributed by atoms with Gasteiger partial charge in [-0.25, -0.2) is 9.50 Å². The molecule has 2 N–H and O–H groups in total. The van der Waals surface area contributed by atoms with Gasteiger partial charge in [0.05, 0.1) is 5.02 Å². The highest BCUT2D eigenvalue weighted by atomic mass is 35.5. The lowest BCUT2D eigenvalue weighted by atomic mass is 10.1. The average molecular weight is 293 g/mol. The Hall–Kier alpha value is -1.62. The minimum atomic E-state index is 0.342. The average Bonchev–Trinajstić information content (AvgIpc) is 2.76. The van der Waals surface area contributed by atoms with Gasteiger partial charge in [-0.05, 0) is 24.3 Å². The Morgan fingerprint density at radius 1 is 1.26 bits per heavy atom. The lowest BCUT2D eigenvalue weighted by Crippen LogP contribution is -1.98. The van der Waals surface area contributed by atoms with E-state index in [0.717, 1.165) is 22.5 Å². The molecule has 3 rings (SSSR count). The molecule has 0 aliphatic heterocycles. The normalized spacial score (nSPS) is 11.1. The molecule has 0 spiro atoms. The Morgan fingerprint density at radius 2 is 2.11 bits per heavy atom. The van der Waals surface area contributed by atoms with Crippen molar-refractivity contribution in [3.63, 3.8) is 0 Å². The van der Waals surface area contributed by atoms with Crippen LogP contribution in [0.4, 0.5) is 0 Å². The summed E-state index contributed by atoms with van der Waals surface area (Å²) in [7, 11) is 0. The zero-order chi connectivity index (χ0) is 13.4. The second-order valence-electron chi connectivity index (χ2n) is 4.04. The molecule has 3 aromatic rings. The predicted octanol–water partition coefficient (Wildman–Crippen LogP) is 3.16. The molecule has 19 heavy (non-hydrogen) atoms. The summed E-state index contributed by atoms with van der Waals surface area (Å²) in [5, 5.41) is 5.63. The molecule has 0 saturated heterocycles. The molecular weight excluding hydrogens is 283 g/mol. The van der Waals surface area contributed by atoms with Gasteiger partial charge < -0.3 is 5.73 Å². The van der Waals surface area contributed by atoms with Crippen LogP contribution in [0.1, 0.15) is 5.56 Å². The molecule has 2 aromatic heterocycles. The van der Waals surface area contributed by atoms with Gasteiger partial charge in [-0.15, -0.1) is 0 Å². The highest BCUT2D eigenvalue weighted by Gasteiger charge is 2.16. The quantitative estimate of drug-likeness (QED) is 0.789. The third kappa shape index (κ3) is 2.08. The molecule has 0 bridgehead atoms. The van der Waals surface area contributed by atoms with Crippen LogP contribution >= 0.6 is 23.2 Å². The summed E-state index contributed by atoms with van der Waals surface area (Å²) in [6.07, 6.45) is 3.54. The van der Waals surface area contributed by atoms with Crippen molar-refractivity contribution in [3.05, 3.63) is 52.3 Å². The Kier molecular flexibility index (Phi) is 3.14. The van der Waals surface area contributed by atoms with E-state index in [1.807, 2.05) is 18.3 Å². The summed E-state index contributed by atoms with van der Waals surface area (Å²) in [4.78, 5) is 4.30. The van der Waals surface area contributed by atoms with Crippen molar-refractivity contribution in [2.24, 2.45) is 5.73 Å². The van der Waals surface area contributed by atoms with Gasteiger partial charge in [-0.1, -0.05) is 23.2 Å². The van der Waals surface area contributed by atoms with Crippen molar-refractivity contribution in [1.82, 2.24) is 14.6 Å². The first kappa shape index (κ1) is 12.4. The smallest absolute Gasteiger partial charge is 0.160 e. The fraction of sp³-hybridized carbons (Fsp3) is 0.0769. The zero-order valence-electron chi connectivity index (χ0n) is 9.85. The van der Waals surface area contributed by atoms with Crippen LogP contribution in [0.5, 0.6) is 0 Å². The van der Waals surface area contributed by atoms with Gasteiger partial charge in [0, 0.05) is 35.1 Å². The maximum Gasteiger partial charge on any atom is 0.160 e. The minimum absolute atomic E-state index is 0.342. The van der Waals surface area contributed by atoms with Crippen LogP contribution in [-0.4, -0.2) is 14.6 Å². The summed E-state index contributed by atoms with van der Waals surface area (Å²) < 4.78 is 1.70. The van der Waals surface area contributed by atoms with Gasteiger partial charge in [0.1, 0.15) is 5.69 Å². The summed E-state index contributed by atoms with van der Waals surface area (Å²) in [6.45, 7) is 0.342. The molecule has 0 aliphatic carbocycles. The molecule has 0 unspecified atom stereocenters. The number of hydrogen-bond donors (Lipinski definition) is 1. The van der Waals surface area contributed by atoms with Crippen molar-refractivity contribution in [2.75, 3.05) is 0 Å². The van der Waals surface area contributed by atoms with Crippen LogP contribution in [0, 0.1) is 0 Å².